The summed E-state index contributed by atoms with van der Waals surface area (Å²) in [5.41, 5.74) is 0.425. The van der Waals surface area contributed by atoms with E-state index in [1.165, 1.54) is 12.1 Å². The van der Waals surface area contributed by atoms with Crippen LogP contribution in [-0.2, 0) is 12.1 Å². The van der Waals surface area contributed by atoms with E-state index in [9.17, 15) is 9.50 Å². The van der Waals surface area contributed by atoms with Crippen molar-refractivity contribution in [1.82, 2.24) is 20.0 Å². The first-order chi connectivity index (χ1) is 13.5. The molecule has 0 spiro atoms. The fourth-order valence-electron chi connectivity index (χ4n) is 3.55. The zero-order valence-electron chi connectivity index (χ0n) is 15.2. The zero-order chi connectivity index (χ0) is 19.6. The molecule has 1 aliphatic rings. The molecule has 1 saturated heterocycles. The van der Waals surface area contributed by atoms with Crippen molar-refractivity contribution in [2.75, 3.05) is 13.1 Å². The average Bonchev–Trinajstić information content (AvgIpc) is 3.06. The lowest BCUT2D eigenvalue weighted by Crippen LogP contribution is -2.29. The molecule has 0 amide bonds. The summed E-state index contributed by atoms with van der Waals surface area (Å²) in [5, 5.41) is 15.4. The van der Waals surface area contributed by atoms with Crippen LogP contribution in [0.2, 0.25) is 5.15 Å². The molecule has 1 aromatic carbocycles. The highest BCUT2D eigenvalue weighted by Crippen LogP contribution is 2.33. The first-order valence-electron chi connectivity index (χ1n) is 9.18. The number of nitrogens with zero attached hydrogens (tertiary/aromatic N) is 4. The van der Waals surface area contributed by atoms with Gasteiger partial charge in [-0.3, -0.25) is 4.90 Å². The quantitative estimate of drug-likeness (QED) is 0.669. The molecule has 0 saturated carbocycles. The Bertz CT molecular complexity index is 949. The first-order valence-corrected chi connectivity index (χ1v) is 9.55. The standard InChI is InChI=1S/C20H20ClFN4O2/c21-18-16(3-1-10-23-18)19-24-17(28-25-19)13-26-11-2-8-20(27,9-12-26)14-4-6-15(22)7-5-14/h1,3-7,10,27H,2,8-9,11-13H2. The van der Waals surface area contributed by atoms with Gasteiger partial charge in [0.05, 0.1) is 17.7 Å². The van der Waals surface area contributed by atoms with Crippen LogP contribution in [-0.4, -0.2) is 38.2 Å². The fraction of sp³-hybridized carbons (Fsp3) is 0.350. The van der Waals surface area contributed by atoms with Crippen molar-refractivity contribution >= 4 is 11.6 Å². The molecule has 0 aliphatic carbocycles. The number of halogens is 2. The van der Waals surface area contributed by atoms with Crippen molar-refractivity contribution in [3.63, 3.8) is 0 Å². The summed E-state index contributed by atoms with van der Waals surface area (Å²) < 4.78 is 18.6. The van der Waals surface area contributed by atoms with Gasteiger partial charge in [0.1, 0.15) is 11.0 Å². The van der Waals surface area contributed by atoms with Gasteiger partial charge in [-0.15, -0.1) is 0 Å². The third-order valence-electron chi connectivity index (χ3n) is 5.11. The van der Waals surface area contributed by atoms with E-state index in [0.29, 0.717) is 48.4 Å². The average molecular weight is 403 g/mol. The molecule has 0 bridgehead atoms. The molecule has 1 fully saturated rings. The SMILES string of the molecule is OC1(c2ccc(F)cc2)CCCN(Cc2nc(-c3cccnc3Cl)no2)CC1. The molecule has 1 aliphatic heterocycles. The molecule has 0 radical (unpaired) electrons. The predicted octanol–water partition coefficient (Wildman–Crippen LogP) is 3.80. The van der Waals surface area contributed by atoms with Crippen molar-refractivity contribution in [1.29, 1.82) is 0 Å². The highest BCUT2D eigenvalue weighted by molar-refractivity contribution is 6.31. The number of aliphatic hydroxyl groups is 1. The lowest BCUT2D eigenvalue weighted by Gasteiger charge is -2.27. The van der Waals surface area contributed by atoms with E-state index in [2.05, 4.69) is 20.0 Å². The van der Waals surface area contributed by atoms with Crippen LogP contribution in [0.25, 0.3) is 11.4 Å². The van der Waals surface area contributed by atoms with Crippen molar-refractivity contribution in [3.05, 3.63) is 65.0 Å². The molecule has 8 heteroatoms. The number of hydrogen-bond acceptors (Lipinski definition) is 6. The van der Waals surface area contributed by atoms with Crippen molar-refractivity contribution < 1.29 is 14.0 Å². The van der Waals surface area contributed by atoms with E-state index in [1.807, 2.05) is 0 Å². The summed E-state index contributed by atoms with van der Waals surface area (Å²) in [4.78, 5) is 10.6. The lowest BCUT2D eigenvalue weighted by atomic mass is 9.87. The second kappa shape index (κ2) is 7.95. The maximum Gasteiger partial charge on any atom is 0.241 e. The van der Waals surface area contributed by atoms with Crippen LogP contribution < -0.4 is 0 Å². The first kappa shape index (κ1) is 19.0. The summed E-state index contributed by atoms with van der Waals surface area (Å²) in [6, 6.07) is 9.65. The number of likely N-dealkylation sites (tertiary alicyclic amines) is 1. The van der Waals surface area contributed by atoms with Gasteiger partial charge < -0.3 is 9.63 Å². The van der Waals surface area contributed by atoms with Gasteiger partial charge in [-0.25, -0.2) is 9.37 Å². The maximum atomic E-state index is 13.2. The van der Waals surface area contributed by atoms with Crippen LogP contribution in [0.4, 0.5) is 4.39 Å². The molecular formula is C20H20ClFN4O2. The molecule has 4 rings (SSSR count). The third-order valence-corrected chi connectivity index (χ3v) is 5.42. The largest absolute Gasteiger partial charge is 0.385 e. The minimum Gasteiger partial charge on any atom is -0.385 e. The van der Waals surface area contributed by atoms with Crippen molar-refractivity contribution in [2.24, 2.45) is 0 Å². The number of aromatic nitrogens is 3. The summed E-state index contributed by atoms with van der Waals surface area (Å²) in [6.07, 6.45) is 3.58. The molecule has 2 aromatic heterocycles. The topological polar surface area (TPSA) is 75.3 Å². The molecule has 1 atom stereocenters. The molecule has 146 valence electrons. The van der Waals surface area contributed by atoms with E-state index < -0.39 is 5.60 Å². The van der Waals surface area contributed by atoms with Crippen LogP contribution >= 0.6 is 11.6 Å². The summed E-state index contributed by atoms with van der Waals surface area (Å²) in [6.45, 7) is 1.96. The Morgan fingerprint density at radius 3 is 2.79 bits per heavy atom. The minimum atomic E-state index is -0.953. The Hall–Kier alpha value is -2.35. The summed E-state index contributed by atoms with van der Waals surface area (Å²) in [5.74, 6) is 0.594. The van der Waals surface area contributed by atoms with Crippen molar-refractivity contribution in [2.45, 2.75) is 31.4 Å². The van der Waals surface area contributed by atoms with Gasteiger partial charge in [0, 0.05) is 12.7 Å². The lowest BCUT2D eigenvalue weighted by molar-refractivity contribution is 0.0207. The number of pyridine rings is 1. The molecular weight excluding hydrogens is 383 g/mol. The fourth-order valence-corrected chi connectivity index (χ4v) is 3.76. The Morgan fingerprint density at radius 1 is 1.18 bits per heavy atom. The van der Waals surface area contributed by atoms with Crippen LogP contribution in [0.1, 0.15) is 30.7 Å². The number of benzene rings is 1. The molecule has 1 N–H and O–H groups in total. The molecule has 1 unspecified atom stereocenters. The monoisotopic (exact) mass is 402 g/mol. The maximum absolute atomic E-state index is 13.2. The molecule has 3 heterocycles. The van der Waals surface area contributed by atoms with E-state index in [-0.39, 0.29) is 5.82 Å². The third kappa shape index (κ3) is 4.06. The highest BCUT2D eigenvalue weighted by atomic mass is 35.5. The number of hydrogen-bond donors (Lipinski definition) is 1. The summed E-state index contributed by atoms with van der Waals surface area (Å²) in [7, 11) is 0. The smallest absolute Gasteiger partial charge is 0.241 e. The predicted molar refractivity (Wildman–Crippen MR) is 102 cm³/mol. The van der Waals surface area contributed by atoms with Gasteiger partial charge in [0.2, 0.25) is 11.7 Å². The highest BCUT2D eigenvalue weighted by Gasteiger charge is 2.32. The zero-order valence-corrected chi connectivity index (χ0v) is 15.9. The second-order valence-electron chi connectivity index (χ2n) is 7.02. The number of rotatable bonds is 4. The van der Waals surface area contributed by atoms with Crippen molar-refractivity contribution in [3.8, 4) is 11.4 Å². The van der Waals surface area contributed by atoms with Gasteiger partial charge >= 0.3 is 0 Å². The van der Waals surface area contributed by atoms with Crippen LogP contribution in [0.15, 0.2) is 47.1 Å². The second-order valence-corrected chi connectivity index (χ2v) is 7.38. The van der Waals surface area contributed by atoms with E-state index in [0.717, 1.165) is 18.5 Å². The van der Waals surface area contributed by atoms with Crippen LogP contribution in [0.5, 0.6) is 0 Å². The minimum absolute atomic E-state index is 0.302. The van der Waals surface area contributed by atoms with Crippen LogP contribution in [0.3, 0.4) is 0 Å². The van der Waals surface area contributed by atoms with Gasteiger partial charge in [-0.05, 0) is 55.6 Å². The Labute approximate surface area is 167 Å². The van der Waals surface area contributed by atoms with E-state index in [1.54, 1.807) is 30.5 Å². The molecule has 6 nitrogen and oxygen atoms in total. The Balaban J connectivity index is 1.43. The summed E-state index contributed by atoms with van der Waals surface area (Å²) >= 11 is 6.09. The Kier molecular flexibility index (Phi) is 5.39. The molecule has 28 heavy (non-hydrogen) atoms. The van der Waals surface area contributed by atoms with Crippen LogP contribution in [0, 0.1) is 5.82 Å². The van der Waals surface area contributed by atoms with E-state index in [4.69, 9.17) is 16.1 Å². The van der Waals surface area contributed by atoms with Gasteiger partial charge in [0.25, 0.3) is 0 Å². The van der Waals surface area contributed by atoms with Gasteiger partial charge in [-0.1, -0.05) is 28.9 Å². The normalized spacial score (nSPS) is 20.8. The van der Waals surface area contributed by atoms with Gasteiger partial charge in [-0.2, -0.15) is 4.98 Å². The van der Waals surface area contributed by atoms with E-state index >= 15 is 0 Å². The molecule has 3 aromatic rings. The Morgan fingerprint density at radius 2 is 2.00 bits per heavy atom. The van der Waals surface area contributed by atoms with Gasteiger partial charge in [0.15, 0.2) is 0 Å².